The number of benzene rings is 1. The number of rotatable bonds is 5. The van der Waals surface area contributed by atoms with Gasteiger partial charge in [0.15, 0.2) is 0 Å². The van der Waals surface area contributed by atoms with Crippen molar-refractivity contribution in [3.63, 3.8) is 0 Å². The number of phenolic OH excluding ortho intramolecular Hbond substituents is 1. The highest BCUT2D eigenvalue weighted by Gasteiger charge is 2.13. The largest absolute Gasteiger partial charge is 0.508 e. The van der Waals surface area contributed by atoms with Gasteiger partial charge in [-0.2, -0.15) is 0 Å². The molecule has 0 aliphatic heterocycles. The Labute approximate surface area is 105 Å². The summed E-state index contributed by atoms with van der Waals surface area (Å²) < 4.78 is 0. The van der Waals surface area contributed by atoms with Gasteiger partial charge < -0.3 is 15.5 Å². The molecular weight excluding hydrogens is 234 g/mol. The van der Waals surface area contributed by atoms with Crippen LogP contribution in [0.15, 0.2) is 18.2 Å². The molecule has 0 fully saturated rings. The average molecular weight is 251 g/mol. The minimum absolute atomic E-state index is 0.0616. The minimum atomic E-state index is -1.15. The van der Waals surface area contributed by atoms with Crippen LogP contribution in [0.2, 0.25) is 0 Å². The standard InChI is InChI=1S/C13H17NO4/c1-3-4-8(2)12(16)14-10-5-9(13(17)18)6-11(15)7-10/h5-8,15H,3-4H2,1-2H3,(H,14,16)(H,17,18). The molecular formula is C13H17NO4. The van der Waals surface area contributed by atoms with E-state index in [1.807, 2.05) is 6.92 Å². The maximum atomic E-state index is 11.8. The summed E-state index contributed by atoms with van der Waals surface area (Å²) in [5.41, 5.74) is 0.230. The summed E-state index contributed by atoms with van der Waals surface area (Å²) in [6.07, 6.45) is 1.66. The SMILES string of the molecule is CCCC(C)C(=O)Nc1cc(O)cc(C(=O)O)c1. The van der Waals surface area contributed by atoms with Crippen LogP contribution in [0.1, 0.15) is 37.0 Å². The second kappa shape index (κ2) is 6.05. The van der Waals surface area contributed by atoms with E-state index in [1.165, 1.54) is 12.1 Å². The zero-order chi connectivity index (χ0) is 13.7. The Balaban J connectivity index is 2.84. The Morgan fingerprint density at radius 3 is 2.56 bits per heavy atom. The lowest BCUT2D eigenvalue weighted by Crippen LogP contribution is -2.20. The number of phenols is 1. The number of aromatic carboxylic acids is 1. The molecule has 1 amide bonds. The fourth-order valence-corrected chi connectivity index (χ4v) is 1.64. The van der Waals surface area contributed by atoms with Crippen LogP contribution in [0.5, 0.6) is 5.75 Å². The van der Waals surface area contributed by atoms with Crippen molar-refractivity contribution in [1.82, 2.24) is 0 Å². The number of carboxylic acids is 1. The van der Waals surface area contributed by atoms with E-state index < -0.39 is 5.97 Å². The first-order chi connectivity index (χ1) is 8.43. The Bertz CT molecular complexity index is 456. The average Bonchev–Trinajstić information content (AvgIpc) is 2.28. The van der Waals surface area contributed by atoms with Crippen LogP contribution in [-0.4, -0.2) is 22.1 Å². The molecule has 1 atom stereocenters. The molecule has 18 heavy (non-hydrogen) atoms. The van der Waals surface area contributed by atoms with Crippen LogP contribution in [0.25, 0.3) is 0 Å². The maximum Gasteiger partial charge on any atom is 0.335 e. The third-order valence-corrected chi connectivity index (χ3v) is 2.60. The summed E-state index contributed by atoms with van der Waals surface area (Å²) in [5.74, 6) is -1.67. The van der Waals surface area contributed by atoms with Crippen molar-refractivity contribution in [2.75, 3.05) is 5.32 Å². The Hall–Kier alpha value is -2.04. The molecule has 1 aromatic rings. The van der Waals surface area contributed by atoms with E-state index in [-0.39, 0.29) is 23.1 Å². The number of hydrogen-bond acceptors (Lipinski definition) is 3. The number of nitrogens with one attached hydrogen (secondary N) is 1. The highest BCUT2D eigenvalue weighted by molar-refractivity contribution is 5.95. The number of carbonyl (C=O) groups is 2. The van der Waals surface area contributed by atoms with Crippen molar-refractivity contribution in [3.8, 4) is 5.75 Å². The molecule has 0 spiro atoms. The van der Waals surface area contributed by atoms with Crippen LogP contribution >= 0.6 is 0 Å². The monoisotopic (exact) mass is 251 g/mol. The van der Waals surface area contributed by atoms with Gasteiger partial charge >= 0.3 is 5.97 Å². The van der Waals surface area contributed by atoms with Crippen LogP contribution in [0.4, 0.5) is 5.69 Å². The predicted molar refractivity (Wildman–Crippen MR) is 67.8 cm³/mol. The van der Waals surface area contributed by atoms with Crippen molar-refractivity contribution in [3.05, 3.63) is 23.8 Å². The lowest BCUT2D eigenvalue weighted by atomic mass is 10.1. The molecule has 5 heteroatoms. The molecule has 1 unspecified atom stereocenters. The Kier molecular flexibility index (Phi) is 4.71. The van der Waals surface area contributed by atoms with Gasteiger partial charge in [0.2, 0.25) is 5.91 Å². The summed E-state index contributed by atoms with van der Waals surface area (Å²) in [7, 11) is 0. The molecule has 5 nitrogen and oxygen atoms in total. The van der Waals surface area contributed by atoms with E-state index in [0.29, 0.717) is 5.69 Å². The van der Waals surface area contributed by atoms with Crippen molar-refractivity contribution >= 4 is 17.6 Å². The molecule has 0 bridgehead atoms. The zero-order valence-electron chi connectivity index (χ0n) is 10.4. The van der Waals surface area contributed by atoms with Gasteiger partial charge in [0.1, 0.15) is 5.75 Å². The summed E-state index contributed by atoms with van der Waals surface area (Å²) in [4.78, 5) is 22.6. The molecule has 0 saturated carbocycles. The van der Waals surface area contributed by atoms with E-state index >= 15 is 0 Å². The Morgan fingerprint density at radius 2 is 2.00 bits per heavy atom. The predicted octanol–water partition coefficient (Wildman–Crippen LogP) is 2.47. The highest BCUT2D eigenvalue weighted by atomic mass is 16.4. The van der Waals surface area contributed by atoms with E-state index in [0.717, 1.165) is 18.9 Å². The van der Waals surface area contributed by atoms with Crippen LogP contribution in [-0.2, 0) is 4.79 Å². The number of hydrogen-bond donors (Lipinski definition) is 3. The van der Waals surface area contributed by atoms with E-state index in [2.05, 4.69) is 5.32 Å². The number of carbonyl (C=O) groups excluding carboxylic acids is 1. The fraction of sp³-hybridized carbons (Fsp3) is 0.385. The van der Waals surface area contributed by atoms with Gasteiger partial charge in [-0.1, -0.05) is 20.3 Å². The summed E-state index contributed by atoms with van der Waals surface area (Å²) in [5, 5.41) is 20.8. The second-order valence-corrected chi connectivity index (χ2v) is 4.25. The lowest BCUT2D eigenvalue weighted by Gasteiger charge is -2.11. The lowest BCUT2D eigenvalue weighted by molar-refractivity contribution is -0.119. The Morgan fingerprint density at radius 1 is 1.33 bits per heavy atom. The van der Waals surface area contributed by atoms with Crippen molar-refractivity contribution in [2.45, 2.75) is 26.7 Å². The zero-order valence-corrected chi connectivity index (χ0v) is 10.4. The van der Waals surface area contributed by atoms with Crippen molar-refractivity contribution in [2.24, 2.45) is 5.92 Å². The molecule has 1 rings (SSSR count). The number of aromatic hydroxyl groups is 1. The molecule has 3 N–H and O–H groups in total. The smallest absolute Gasteiger partial charge is 0.335 e. The molecule has 0 radical (unpaired) electrons. The van der Waals surface area contributed by atoms with E-state index in [1.54, 1.807) is 6.92 Å². The van der Waals surface area contributed by atoms with E-state index in [9.17, 15) is 14.7 Å². The molecule has 98 valence electrons. The fourth-order valence-electron chi connectivity index (χ4n) is 1.64. The van der Waals surface area contributed by atoms with Gasteiger partial charge in [0, 0.05) is 17.7 Å². The second-order valence-electron chi connectivity index (χ2n) is 4.25. The van der Waals surface area contributed by atoms with Gasteiger partial charge in [-0.3, -0.25) is 4.79 Å². The van der Waals surface area contributed by atoms with Crippen molar-refractivity contribution in [1.29, 1.82) is 0 Å². The van der Waals surface area contributed by atoms with Gasteiger partial charge in [0.25, 0.3) is 0 Å². The summed E-state index contributed by atoms with van der Waals surface area (Å²) in [6.45, 7) is 3.79. The summed E-state index contributed by atoms with van der Waals surface area (Å²) >= 11 is 0. The highest BCUT2D eigenvalue weighted by Crippen LogP contribution is 2.21. The topological polar surface area (TPSA) is 86.6 Å². The van der Waals surface area contributed by atoms with Gasteiger partial charge in [-0.15, -0.1) is 0 Å². The minimum Gasteiger partial charge on any atom is -0.508 e. The first-order valence-corrected chi connectivity index (χ1v) is 5.82. The van der Waals surface area contributed by atoms with Gasteiger partial charge in [0.05, 0.1) is 5.56 Å². The maximum absolute atomic E-state index is 11.8. The van der Waals surface area contributed by atoms with Gasteiger partial charge in [-0.25, -0.2) is 4.79 Å². The quantitative estimate of drug-likeness (QED) is 0.750. The summed E-state index contributed by atoms with van der Waals surface area (Å²) in [6, 6.07) is 3.77. The van der Waals surface area contributed by atoms with E-state index in [4.69, 9.17) is 5.11 Å². The number of amides is 1. The molecule has 0 heterocycles. The first kappa shape index (κ1) is 14.0. The third-order valence-electron chi connectivity index (χ3n) is 2.60. The molecule has 1 aromatic carbocycles. The molecule has 0 aromatic heterocycles. The normalized spacial score (nSPS) is 11.9. The first-order valence-electron chi connectivity index (χ1n) is 5.82. The van der Waals surface area contributed by atoms with Crippen LogP contribution in [0, 0.1) is 5.92 Å². The van der Waals surface area contributed by atoms with Crippen molar-refractivity contribution < 1.29 is 19.8 Å². The van der Waals surface area contributed by atoms with Crippen LogP contribution in [0.3, 0.4) is 0 Å². The van der Waals surface area contributed by atoms with Crippen LogP contribution < -0.4 is 5.32 Å². The molecule has 0 aliphatic carbocycles. The molecule has 0 saturated heterocycles. The van der Waals surface area contributed by atoms with Gasteiger partial charge in [-0.05, 0) is 18.6 Å². The third kappa shape index (κ3) is 3.76. The number of carboxylic acid groups (broad SMARTS) is 1. The molecule has 0 aliphatic rings. The number of anilines is 1.